The van der Waals surface area contributed by atoms with Crippen molar-refractivity contribution in [3.05, 3.63) is 0 Å². The fraction of sp³-hybridized carbons (Fsp3) is 0.867. The van der Waals surface area contributed by atoms with E-state index in [1.807, 2.05) is 0 Å². The molecular weight excluding hydrogens is 292 g/mol. The Balaban J connectivity index is 0. The zero-order valence-corrected chi connectivity index (χ0v) is 13.1. The number of hydrogen-bond donors (Lipinski definition) is 5. The summed E-state index contributed by atoms with van der Waals surface area (Å²) in [5.74, 6) is -1.43. The minimum absolute atomic E-state index is 0.276. The van der Waals surface area contributed by atoms with E-state index in [-0.39, 0.29) is 26.1 Å². The summed E-state index contributed by atoms with van der Waals surface area (Å²) in [7, 11) is 0. The Labute approximate surface area is 131 Å². The average molecular weight is 322 g/mol. The molecule has 22 heavy (non-hydrogen) atoms. The number of aliphatic hydroxyl groups is 3. The van der Waals surface area contributed by atoms with Crippen LogP contribution in [0.3, 0.4) is 0 Å². The second-order valence-corrected chi connectivity index (χ2v) is 5.13. The summed E-state index contributed by atoms with van der Waals surface area (Å²) in [5, 5.41) is 40.8. The first kappa shape index (κ1) is 23.1. The highest BCUT2D eigenvalue weighted by atomic mass is 16.4. The molecule has 0 amide bonds. The zero-order chi connectivity index (χ0) is 17.2. The zero-order valence-electron chi connectivity index (χ0n) is 13.1. The Morgan fingerprint density at radius 3 is 1.09 bits per heavy atom. The van der Waals surface area contributed by atoms with Gasteiger partial charge in [-0.15, -0.1) is 0 Å². The van der Waals surface area contributed by atoms with Gasteiger partial charge in [0.25, 0.3) is 0 Å². The minimum Gasteiger partial charge on any atom is -0.481 e. The topological polar surface area (TPSA) is 135 Å². The van der Waals surface area contributed by atoms with Crippen molar-refractivity contribution in [1.29, 1.82) is 0 Å². The lowest BCUT2D eigenvalue weighted by atomic mass is 10.1. The Bertz CT molecular complexity index is 243. The van der Waals surface area contributed by atoms with Gasteiger partial charge in [0.1, 0.15) is 6.10 Å². The predicted molar refractivity (Wildman–Crippen MR) is 81.6 cm³/mol. The molecule has 0 saturated heterocycles. The van der Waals surface area contributed by atoms with Gasteiger partial charge in [-0.3, -0.25) is 9.59 Å². The van der Waals surface area contributed by atoms with Crippen molar-refractivity contribution in [2.24, 2.45) is 0 Å². The molecule has 0 saturated carbocycles. The monoisotopic (exact) mass is 322 g/mol. The number of aliphatic hydroxyl groups excluding tert-OH is 3. The van der Waals surface area contributed by atoms with Gasteiger partial charge in [-0.2, -0.15) is 0 Å². The predicted octanol–water partition coefficient (Wildman–Crippen LogP) is 1.39. The van der Waals surface area contributed by atoms with Crippen LogP contribution in [-0.2, 0) is 9.59 Å². The molecule has 0 aliphatic rings. The van der Waals surface area contributed by atoms with Crippen LogP contribution in [0.5, 0.6) is 0 Å². The van der Waals surface area contributed by atoms with Gasteiger partial charge < -0.3 is 25.5 Å². The first-order chi connectivity index (χ1) is 10.4. The first-order valence-corrected chi connectivity index (χ1v) is 7.77. The lowest BCUT2D eigenvalue weighted by molar-refractivity contribution is -0.138. The van der Waals surface area contributed by atoms with Crippen LogP contribution >= 0.6 is 0 Å². The third-order valence-electron chi connectivity index (χ3n) is 2.95. The standard InChI is InChI=1S/C12H22O4.C3H8O3/c13-11(14)9-7-5-3-1-2-4-6-8-10-12(15)16;4-1-3(6)2-5/h1-10H2,(H,13,14)(H,15,16);3-6H,1-2H2. The van der Waals surface area contributed by atoms with Crippen LogP contribution in [0.4, 0.5) is 0 Å². The van der Waals surface area contributed by atoms with E-state index in [9.17, 15) is 9.59 Å². The molecule has 132 valence electrons. The van der Waals surface area contributed by atoms with Gasteiger partial charge in [0.2, 0.25) is 0 Å². The molecule has 0 atom stereocenters. The summed E-state index contributed by atoms with van der Waals surface area (Å²) in [4.78, 5) is 20.4. The van der Waals surface area contributed by atoms with E-state index in [0.717, 1.165) is 51.4 Å². The van der Waals surface area contributed by atoms with Gasteiger partial charge >= 0.3 is 11.9 Å². The number of carboxylic acid groups (broad SMARTS) is 2. The van der Waals surface area contributed by atoms with Crippen molar-refractivity contribution in [3.8, 4) is 0 Å². The molecule has 0 aromatic carbocycles. The van der Waals surface area contributed by atoms with Crippen LogP contribution in [0.2, 0.25) is 0 Å². The molecule has 0 spiro atoms. The van der Waals surface area contributed by atoms with Crippen molar-refractivity contribution in [2.75, 3.05) is 13.2 Å². The molecule has 0 aliphatic heterocycles. The lowest BCUT2D eigenvalue weighted by Gasteiger charge is -2.00. The summed E-state index contributed by atoms with van der Waals surface area (Å²) in [5.41, 5.74) is 0. The van der Waals surface area contributed by atoms with E-state index in [2.05, 4.69) is 0 Å². The summed E-state index contributed by atoms with van der Waals surface area (Å²) < 4.78 is 0. The van der Waals surface area contributed by atoms with Gasteiger partial charge in [0.05, 0.1) is 13.2 Å². The van der Waals surface area contributed by atoms with E-state index in [4.69, 9.17) is 25.5 Å². The maximum atomic E-state index is 10.2. The number of carboxylic acids is 2. The number of aliphatic carboxylic acids is 2. The summed E-state index contributed by atoms with van der Waals surface area (Å²) in [6, 6.07) is 0. The summed E-state index contributed by atoms with van der Waals surface area (Å²) >= 11 is 0. The van der Waals surface area contributed by atoms with Crippen LogP contribution in [0.15, 0.2) is 0 Å². The largest absolute Gasteiger partial charge is 0.481 e. The van der Waals surface area contributed by atoms with E-state index in [1.54, 1.807) is 0 Å². The highest BCUT2D eigenvalue weighted by Gasteiger charge is 1.98. The van der Waals surface area contributed by atoms with E-state index < -0.39 is 18.0 Å². The van der Waals surface area contributed by atoms with Gasteiger partial charge in [-0.05, 0) is 12.8 Å². The summed E-state index contributed by atoms with van der Waals surface area (Å²) in [6.45, 7) is -0.729. The number of unbranched alkanes of at least 4 members (excludes halogenated alkanes) is 7. The molecule has 0 heterocycles. The third kappa shape index (κ3) is 23.9. The number of carbonyl (C=O) groups is 2. The van der Waals surface area contributed by atoms with Crippen molar-refractivity contribution in [3.63, 3.8) is 0 Å². The molecule has 0 rings (SSSR count). The minimum atomic E-state index is -0.954. The fourth-order valence-corrected chi connectivity index (χ4v) is 1.67. The fourth-order valence-electron chi connectivity index (χ4n) is 1.67. The molecule has 5 N–H and O–H groups in total. The molecule has 0 aliphatic carbocycles. The second-order valence-electron chi connectivity index (χ2n) is 5.13. The molecule has 0 unspecified atom stereocenters. The quantitative estimate of drug-likeness (QED) is 0.323. The van der Waals surface area contributed by atoms with Crippen LogP contribution in [0.25, 0.3) is 0 Å². The number of rotatable bonds is 13. The molecule has 0 aromatic heterocycles. The lowest BCUT2D eigenvalue weighted by Crippen LogP contribution is -2.15. The second kappa shape index (κ2) is 17.9. The molecule has 0 fully saturated rings. The van der Waals surface area contributed by atoms with Gasteiger partial charge in [0.15, 0.2) is 0 Å². The van der Waals surface area contributed by atoms with Crippen molar-refractivity contribution in [1.82, 2.24) is 0 Å². The molecule has 7 nitrogen and oxygen atoms in total. The Hall–Kier alpha value is -1.18. The van der Waals surface area contributed by atoms with Crippen LogP contribution in [-0.4, -0.2) is 56.8 Å². The summed E-state index contributed by atoms with van der Waals surface area (Å²) in [6.07, 6.45) is 7.56. The number of hydrogen-bond acceptors (Lipinski definition) is 5. The van der Waals surface area contributed by atoms with E-state index in [0.29, 0.717) is 0 Å². The highest BCUT2D eigenvalue weighted by Crippen LogP contribution is 2.10. The Morgan fingerprint density at radius 2 is 0.909 bits per heavy atom. The Morgan fingerprint density at radius 1 is 0.636 bits per heavy atom. The van der Waals surface area contributed by atoms with Crippen molar-refractivity contribution in [2.45, 2.75) is 70.3 Å². The average Bonchev–Trinajstić information content (AvgIpc) is 2.48. The maximum absolute atomic E-state index is 10.2. The van der Waals surface area contributed by atoms with Crippen LogP contribution in [0, 0.1) is 0 Å². The van der Waals surface area contributed by atoms with Crippen molar-refractivity contribution < 1.29 is 35.1 Å². The molecular formula is C15H30O7. The highest BCUT2D eigenvalue weighted by molar-refractivity contribution is 5.66. The van der Waals surface area contributed by atoms with Crippen LogP contribution in [0.1, 0.15) is 64.2 Å². The van der Waals surface area contributed by atoms with E-state index >= 15 is 0 Å². The smallest absolute Gasteiger partial charge is 0.303 e. The van der Waals surface area contributed by atoms with Gasteiger partial charge in [-0.1, -0.05) is 38.5 Å². The van der Waals surface area contributed by atoms with Gasteiger partial charge in [-0.25, -0.2) is 0 Å². The van der Waals surface area contributed by atoms with E-state index in [1.165, 1.54) is 0 Å². The van der Waals surface area contributed by atoms with Gasteiger partial charge in [0, 0.05) is 12.8 Å². The molecule has 0 bridgehead atoms. The van der Waals surface area contributed by atoms with Crippen molar-refractivity contribution >= 4 is 11.9 Å². The third-order valence-corrected chi connectivity index (χ3v) is 2.95. The molecule has 7 heteroatoms. The normalized spacial score (nSPS) is 10.2. The maximum Gasteiger partial charge on any atom is 0.303 e. The Kier molecular flexibility index (Phi) is 18.8. The first-order valence-electron chi connectivity index (χ1n) is 7.77. The SMILES string of the molecule is O=C(O)CCCCCCCCCCC(=O)O.OCC(O)CO. The molecule has 0 radical (unpaired) electrons. The molecule has 0 aromatic rings. The van der Waals surface area contributed by atoms with Crippen LogP contribution < -0.4 is 0 Å².